The Morgan fingerprint density at radius 2 is 1.80 bits per heavy atom. The zero-order valence-corrected chi connectivity index (χ0v) is 23.7. The highest BCUT2D eigenvalue weighted by Gasteiger charge is 2.22. The highest BCUT2D eigenvalue weighted by Crippen LogP contribution is 2.31. The number of pyridine rings is 1. The molecular formula is C31H35FN6O3. The quantitative estimate of drug-likeness (QED) is 0.374. The SMILES string of the molecule is C[C@@H]1CCCOc2ccc(F)cc2-c2cc(cn(C)c2=O)C(=O)Nc2nc3ccc(N4CCN(C)CC4)cc3n2C1. The molecule has 9 nitrogen and oxygen atoms in total. The molecule has 0 spiro atoms. The predicted octanol–water partition coefficient (Wildman–Crippen LogP) is 4.35. The first-order valence-electron chi connectivity index (χ1n) is 14.2. The zero-order valence-electron chi connectivity index (χ0n) is 23.7. The number of aromatic nitrogens is 3. The van der Waals surface area contributed by atoms with Gasteiger partial charge in [-0.25, -0.2) is 9.37 Å². The fourth-order valence-electron chi connectivity index (χ4n) is 5.71. The topological polar surface area (TPSA) is 84.6 Å². The molecule has 6 rings (SSSR count). The molecule has 10 heteroatoms. The maximum Gasteiger partial charge on any atom is 0.259 e. The van der Waals surface area contributed by atoms with Crippen LogP contribution in [0.15, 0.2) is 53.5 Å². The number of anilines is 2. The molecule has 214 valence electrons. The minimum Gasteiger partial charge on any atom is -0.493 e. The van der Waals surface area contributed by atoms with Crippen LogP contribution >= 0.6 is 0 Å². The van der Waals surface area contributed by atoms with Crippen molar-refractivity contribution in [2.75, 3.05) is 50.1 Å². The lowest BCUT2D eigenvalue weighted by Gasteiger charge is -2.34. The molecule has 1 atom stereocenters. The number of nitrogens with zero attached hydrogens (tertiary/aromatic N) is 5. The van der Waals surface area contributed by atoms with Crippen molar-refractivity contribution in [3.63, 3.8) is 0 Å². The van der Waals surface area contributed by atoms with Gasteiger partial charge in [0.1, 0.15) is 11.6 Å². The number of aryl methyl sites for hydroxylation is 1. The van der Waals surface area contributed by atoms with Gasteiger partial charge in [0.25, 0.3) is 11.5 Å². The molecular weight excluding hydrogens is 523 g/mol. The fourth-order valence-corrected chi connectivity index (χ4v) is 5.71. The molecule has 0 radical (unpaired) electrons. The minimum atomic E-state index is -0.486. The Hall–Kier alpha value is -4.18. The van der Waals surface area contributed by atoms with Crippen molar-refractivity contribution in [3.05, 3.63) is 70.4 Å². The number of hydrogen-bond acceptors (Lipinski definition) is 6. The number of nitrogens with one attached hydrogen (secondary N) is 1. The summed E-state index contributed by atoms with van der Waals surface area (Å²) in [7, 11) is 3.72. The van der Waals surface area contributed by atoms with E-state index in [9.17, 15) is 14.0 Å². The van der Waals surface area contributed by atoms with Crippen molar-refractivity contribution < 1.29 is 13.9 Å². The molecule has 2 bridgehead atoms. The Labute approximate surface area is 238 Å². The second-order valence-corrected chi connectivity index (χ2v) is 11.3. The van der Waals surface area contributed by atoms with Crippen molar-refractivity contribution in [1.29, 1.82) is 0 Å². The summed E-state index contributed by atoms with van der Waals surface area (Å²) >= 11 is 0. The van der Waals surface area contributed by atoms with Crippen LogP contribution in [0.25, 0.3) is 22.2 Å². The van der Waals surface area contributed by atoms with Gasteiger partial charge in [0, 0.05) is 57.2 Å². The van der Waals surface area contributed by atoms with Gasteiger partial charge < -0.3 is 23.7 Å². The van der Waals surface area contributed by atoms with E-state index in [-0.39, 0.29) is 22.6 Å². The second kappa shape index (κ2) is 11.0. The number of carbonyl (C=O) groups is 1. The van der Waals surface area contributed by atoms with Crippen molar-refractivity contribution in [3.8, 4) is 16.9 Å². The van der Waals surface area contributed by atoms with Crippen LogP contribution in [0.4, 0.5) is 16.0 Å². The number of benzene rings is 2. The molecule has 41 heavy (non-hydrogen) atoms. The van der Waals surface area contributed by atoms with E-state index in [1.165, 1.54) is 35.0 Å². The third kappa shape index (κ3) is 5.44. The van der Waals surface area contributed by atoms with Crippen LogP contribution in [0.2, 0.25) is 0 Å². The van der Waals surface area contributed by atoms with Gasteiger partial charge in [-0.3, -0.25) is 14.9 Å². The zero-order chi connectivity index (χ0) is 28.7. The molecule has 1 fully saturated rings. The molecule has 4 aromatic rings. The minimum absolute atomic E-state index is 0.197. The Balaban J connectivity index is 1.43. The van der Waals surface area contributed by atoms with E-state index in [0.717, 1.165) is 55.7 Å². The lowest BCUT2D eigenvalue weighted by atomic mass is 10.0. The number of rotatable bonds is 1. The third-order valence-corrected chi connectivity index (χ3v) is 8.10. The fraction of sp³-hybridized carbons (Fsp3) is 0.387. The van der Waals surface area contributed by atoms with Gasteiger partial charge in [0.05, 0.1) is 28.8 Å². The van der Waals surface area contributed by atoms with Gasteiger partial charge in [0.15, 0.2) is 0 Å². The summed E-state index contributed by atoms with van der Waals surface area (Å²) in [6.07, 6.45) is 3.13. The number of amides is 1. The second-order valence-electron chi connectivity index (χ2n) is 11.3. The van der Waals surface area contributed by atoms with Gasteiger partial charge in [-0.1, -0.05) is 6.92 Å². The normalized spacial score (nSPS) is 18.6. The van der Waals surface area contributed by atoms with Crippen LogP contribution < -0.4 is 20.5 Å². The molecule has 0 saturated carbocycles. The van der Waals surface area contributed by atoms with Crippen LogP contribution in [0.1, 0.15) is 30.1 Å². The highest BCUT2D eigenvalue weighted by molar-refractivity contribution is 6.04. The van der Waals surface area contributed by atoms with Gasteiger partial charge in [-0.15, -0.1) is 0 Å². The molecule has 4 heterocycles. The number of fused-ring (bicyclic) bond motifs is 7. The number of likely N-dealkylation sites (N-methyl/N-ethyl adjacent to an activating group) is 1. The molecule has 1 saturated heterocycles. The summed E-state index contributed by atoms with van der Waals surface area (Å²) in [5.41, 5.74) is 3.35. The van der Waals surface area contributed by atoms with E-state index in [4.69, 9.17) is 9.72 Å². The predicted molar refractivity (Wildman–Crippen MR) is 158 cm³/mol. The number of halogens is 1. The van der Waals surface area contributed by atoms with Crippen LogP contribution in [0.3, 0.4) is 0 Å². The molecule has 0 aliphatic carbocycles. The first-order valence-corrected chi connectivity index (χ1v) is 14.2. The van der Waals surface area contributed by atoms with Crippen molar-refractivity contribution in [2.24, 2.45) is 13.0 Å². The Bertz CT molecular complexity index is 1670. The van der Waals surface area contributed by atoms with Gasteiger partial charge in [-0.2, -0.15) is 0 Å². The first kappa shape index (κ1) is 27.0. The Kier molecular flexibility index (Phi) is 7.25. The van der Waals surface area contributed by atoms with Gasteiger partial charge >= 0.3 is 0 Å². The molecule has 2 aromatic heterocycles. The lowest BCUT2D eigenvalue weighted by molar-refractivity contribution is 0.102. The Morgan fingerprint density at radius 3 is 2.61 bits per heavy atom. The number of ether oxygens (including phenoxy) is 1. The van der Waals surface area contributed by atoms with Crippen molar-refractivity contribution >= 4 is 28.6 Å². The van der Waals surface area contributed by atoms with E-state index in [1.54, 1.807) is 7.05 Å². The lowest BCUT2D eigenvalue weighted by Crippen LogP contribution is -2.44. The van der Waals surface area contributed by atoms with E-state index in [2.05, 4.69) is 45.8 Å². The standard InChI is InChI=1S/C31H35FN6O3/c1-20-5-4-14-41-28-9-6-22(32)16-24(28)25-15-21(19-36(3)30(25)40)29(39)34-31-33-26-8-7-23(17-27(26)38(31)18-20)37-12-10-35(2)11-13-37/h6-9,15-17,19-20H,4-5,10-14,18H2,1-3H3,(H,33,34,39)/t20-/m1/s1. The molecule has 2 aliphatic heterocycles. The molecule has 2 aromatic carbocycles. The molecule has 1 amide bonds. The van der Waals surface area contributed by atoms with Crippen molar-refractivity contribution in [2.45, 2.75) is 26.3 Å². The van der Waals surface area contributed by atoms with E-state index >= 15 is 0 Å². The van der Waals surface area contributed by atoms with Crippen LogP contribution in [-0.4, -0.2) is 64.8 Å². The van der Waals surface area contributed by atoms with E-state index in [0.29, 0.717) is 30.4 Å². The summed E-state index contributed by atoms with van der Waals surface area (Å²) in [4.78, 5) is 36.3. The summed E-state index contributed by atoms with van der Waals surface area (Å²) in [5, 5.41) is 3.01. The van der Waals surface area contributed by atoms with Gasteiger partial charge in [-0.05, 0) is 68.3 Å². The molecule has 1 N–H and O–H groups in total. The summed E-state index contributed by atoms with van der Waals surface area (Å²) < 4.78 is 23.8. The van der Waals surface area contributed by atoms with E-state index in [1.807, 2.05) is 6.07 Å². The first-order chi connectivity index (χ1) is 19.8. The number of piperazine rings is 1. The third-order valence-electron chi connectivity index (χ3n) is 8.10. The molecule has 0 unspecified atom stereocenters. The number of imidazole rings is 1. The monoisotopic (exact) mass is 558 g/mol. The Morgan fingerprint density at radius 1 is 1.00 bits per heavy atom. The molecule has 2 aliphatic rings. The largest absolute Gasteiger partial charge is 0.493 e. The summed E-state index contributed by atoms with van der Waals surface area (Å²) in [6.45, 7) is 7.19. The smallest absolute Gasteiger partial charge is 0.259 e. The summed E-state index contributed by atoms with van der Waals surface area (Å²) in [5.74, 6) is 0.252. The maximum atomic E-state index is 14.3. The average Bonchev–Trinajstić information content (AvgIpc) is 3.28. The maximum absolute atomic E-state index is 14.3. The summed E-state index contributed by atoms with van der Waals surface area (Å²) in [6, 6.07) is 11.9. The average molecular weight is 559 g/mol. The highest BCUT2D eigenvalue weighted by atomic mass is 19.1. The van der Waals surface area contributed by atoms with Gasteiger partial charge in [0.2, 0.25) is 5.95 Å². The van der Waals surface area contributed by atoms with Crippen molar-refractivity contribution in [1.82, 2.24) is 19.0 Å². The number of carbonyl (C=O) groups excluding carboxylic acids is 1. The number of hydrogen-bond donors (Lipinski definition) is 1. The van der Waals surface area contributed by atoms with Crippen LogP contribution in [0, 0.1) is 11.7 Å². The van der Waals surface area contributed by atoms with Crippen LogP contribution in [0.5, 0.6) is 5.75 Å². The van der Waals surface area contributed by atoms with E-state index < -0.39 is 11.7 Å². The van der Waals surface area contributed by atoms with Crippen LogP contribution in [-0.2, 0) is 13.6 Å².